The van der Waals surface area contributed by atoms with Crippen LogP contribution in [0.4, 0.5) is 5.69 Å². The van der Waals surface area contributed by atoms with Crippen molar-refractivity contribution in [2.24, 2.45) is 0 Å². The number of nitrogens with one attached hydrogen (secondary N) is 2. The van der Waals surface area contributed by atoms with Crippen LogP contribution in [-0.2, 0) is 21.2 Å². The summed E-state index contributed by atoms with van der Waals surface area (Å²) in [5.41, 5.74) is 2.66. The summed E-state index contributed by atoms with van der Waals surface area (Å²) in [7, 11) is -3.95. The third-order valence-electron chi connectivity index (χ3n) is 4.67. The van der Waals surface area contributed by atoms with Crippen molar-refractivity contribution < 1.29 is 18.3 Å². The zero-order valence-electron chi connectivity index (χ0n) is 17.2. The molecule has 0 aliphatic heterocycles. The number of carbonyl (C=O) groups excluding carboxylic acids is 1. The number of aryl methyl sites for hydroxylation is 2. The minimum Gasteiger partial charge on any atom is -0.391 e. The van der Waals surface area contributed by atoms with Crippen molar-refractivity contribution in [3.05, 3.63) is 59.7 Å². The zero-order chi connectivity index (χ0) is 21.4. The molecule has 2 atom stereocenters. The highest BCUT2D eigenvalue weighted by atomic mass is 32.2. The molecule has 2 rings (SSSR count). The Labute approximate surface area is 173 Å². The van der Waals surface area contributed by atoms with Crippen molar-refractivity contribution in [3.63, 3.8) is 0 Å². The Morgan fingerprint density at radius 1 is 1.03 bits per heavy atom. The van der Waals surface area contributed by atoms with Crippen LogP contribution in [-0.4, -0.2) is 31.6 Å². The number of aliphatic hydroxyl groups excluding tert-OH is 1. The summed E-state index contributed by atoms with van der Waals surface area (Å²) in [6, 6.07) is 12.4. The van der Waals surface area contributed by atoms with Crippen LogP contribution in [0.1, 0.15) is 44.2 Å². The van der Waals surface area contributed by atoms with Crippen LogP contribution >= 0.6 is 0 Å². The fourth-order valence-electron chi connectivity index (χ4n) is 2.88. The Morgan fingerprint density at radius 2 is 1.66 bits per heavy atom. The number of hydrogen-bond donors (Lipinski definition) is 3. The molecule has 0 aliphatic carbocycles. The van der Waals surface area contributed by atoms with E-state index in [1.165, 1.54) is 31.0 Å². The van der Waals surface area contributed by atoms with Crippen molar-refractivity contribution in [3.8, 4) is 0 Å². The van der Waals surface area contributed by atoms with E-state index in [2.05, 4.69) is 17.0 Å². The second-order valence-corrected chi connectivity index (χ2v) is 9.01. The fraction of sp³-hybridized carbons (Fsp3) is 0.409. The molecule has 29 heavy (non-hydrogen) atoms. The van der Waals surface area contributed by atoms with Crippen molar-refractivity contribution in [1.29, 1.82) is 0 Å². The van der Waals surface area contributed by atoms with Gasteiger partial charge in [-0.1, -0.05) is 49.6 Å². The van der Waals surface area contributed by atoms with E-state index in [1.54, 1.807) is 24.3 Å². The first kappa shape index (κ1) is 23.1. The van der Waals surface area contributed by atoms with Gasteiger partial charge < -0.3 is 10.4 Å². The molecule has 3 N–H and O–H groups in total. The van der Waals surface area contributed by atoms with E-state index in [9.17, 15) is 18.3 Å². The van der Waals surface area contributed by atoms with Gasteiger partial charge in [-0.05, 0) is 56.5 Å². The average molecular weight is 419 g/mol. The Morgan fingerprint density at radius 3 is 2.21 bits per heavy atom. The maximum Gasteiger partial charge on any atom is 0.245 e. The third-order valence-corrected chi connectivity index (χ3v) is 6.13. The highest BCUT2D eigenvalue weighted by Gasteiger charge is 2.29. The predicted octanol–water partition coefficient (Wildman–Crippen LogP) is 3.39. The molecule has 0 bridgehead atoms. The molecule has 7 heteroatoms. The van der Waals surface area contributed by atoms with E-state index < -0.39 is 28.1 Å². The molecule has 0 aromatic heterocycles. The number of aliphatic hydroxyl groups is 1. The number of anilines is 1. The largest absolute Gasteiger partial charge is 0.391 e. The van der Waals surface area contributed by atoms with Crippen LogP contribution < -0.4 is 10.0 Å². The molecule has 0 fully saturated rings. The van der Waals surface area contributed by atoms with Gasteiger partial charge in [-0.25, -0.2) is 8.42 Å². The number of hydrogen-bond acceptors (Lipinski definition) is 4. The van der Waals surface area contributed by atoms with Gasteiger partial charge in [0.15, 0.2) is 0 Å². The van der Waals surface area contributed by atoms with Crippen LogP contribution in [0.3, 0.4) is 0 Å². The first-order valence-corrected chi connectivity index (χ1v) is 11.4. The van der Waals surface area contributed by atoms with E-state index in [0.29, 0.717) is 5.69 Å². The lowest BCUT2D eigenvalue weighted by Gasteiger charge is -2.21. The topological polar surface area (TPSA) is 95.5 Å². The van der Waals surface area contributed by atoms with E-state index >= 15 is 0 Å². The lowest BCUT2D eigenvalue weighted by Crippen LogP contribution is -2.50. The lowest BCUT2D eigenvalue weighted by molar-refractivity contribution is -0.119. The molecule has 0 aliphatic rings. The maximum atomic E-state index is 12.6. The zero-order valence-corrected chi connectivity index (χ0v) is 18.0. The summed E-state index contributed by atoms with van der Waals surface area (Å²) >= 11 is 0. The van der Waals surface area contributed by atoms with E-state index in [1.807, 2.05) is 19.1 Å². The molecule has 6 nitrogen and oxygen atoms in total. The molecule has 0 saturated heterocycles. The first-order chi connectivity index (χ1) is 13.7. The Hall–Kier alpha value is -2.22. The monoisotopic (exact) mass is 418 g/mol. The number of sulfonamides is 1. The van der Waals surface area contributed by atoms with Gasteiger partial charge in [0.25, 0.3) is 0 Å². The summed E-state index contributed by atoms with van der Waals surface area (Å²) in [5, 5.41) is 12.7. The average Bonchev–Trinajstić information content (AvgIpc) is 2.68. The fourth-order valence-corrected chi connectivity index (χ4v) is 4.15. The SMILES string of the molecule is CCCCCc1ccc(NC(=O)C(NS(=O)(=O)c2ccc(C)cc2)C(C)O)cc1. The molecule has 0 spiro atoms. The van der Waals surface area contributed by atoms with Gasteiger partial charge in [0.1, 0.15) is 6.04 Å². The van der Waals surface area contributed by atoms with Crippen molar-refractivity contribution in [2.45, 2.75) is 63.5 Å². The summed E-state index contributed by atoms with van der Waals surface area (Å²) in [4.78, 5) is 12.7. The maximum absolute atomic E-state index is 12.6. The van der Waals surface area contributed by atoms with Gasteiger partial charge in [0.05, 0.1) is 11.0 Å². The quantitative estimate of drug-likeness (QED) is 0.515. The first-order valence-electron chi connectivity index (χ1n) is 9.90. The number of benzene rings is 2. The second-order valence-electron chi connectivity index (χ2n) is 7.30. The minimum absolute atomic E-state index is 0.0398. The van der Waals surface area contributed by atoms with Crippen LogP contribution in [0.2, 0.25) is 0 Å². The standard InChI is InChI=1S/C22H30N2O4S/c1-4-5-6-7-18-10-12-19(13-11-18)23-22(26)21(17(3)25)24-29(27,28)20-14-8-16(2)9-15-20/h8-15,17,21,24-25H,4-7H2,1-3H3,(H,23,26). The number of unbranched alkanes of at least 4 members (excludes halogenated alkanes) is 2. The van der Waals surface area contributed by atoms with Gasteiger partial charge in [-0.2, -0.15) is 4.72 Å². The smallest absolute Gasteiger partial charge is 0.245 e. The summed E-state index contributed by atoms with van der Waals surface area (Å²) in [6.07, 6.45) is 3.23. The van der Waals surface area contributed by atoms with Gasteiger partial charge in [0.2, 0.25) is 15.9 Å². The van der Waals surface area contributed by atoms with E-state index in [0.717, 1.165) is 24.8 Å². The van der Waals surface area contributed by atoms with Gasteiger partial charge in [-0.3, -0.25) is 4.79 Å². The van der Waals surface area contributed by atoms with Gasteiger partial charge in [0, 0.05) is 5.69 Å². The molecule has 158 valence electrons. The van der Waals surface area contributed by atoms with Gasteiger partial charge in [-0.15, -0.1) is 0 Å². The molecule has 2 aromatic rings. The van der Waals surface area contributed by atoms with Crippen molar-refractivity contribution >= 4 is 21.6 Å². The second kappa shape index (κ2) is 10.5. The van der Waals surface area contributed by atoms with E-state index in [-0.39, 0.29) is 4.90 Å². The highest BCUT2D eigenvalue weighted by Crippen LogP contribution is 2.15. The van der Waals surface area contributed by atoms with Crippen LogP contribution in [0.15, 0.2) is 53.4 Å². The Balaban J connectivity index is 2.06. The number of amides is 1. The van der Waals surface area contributed by atoms with Crippen LogP contribution in [0.25, 0.3) is 0 Å². The molecule has 0 saturated carbocycles. The molecular formula is C22H30N2O4S. The summed E-state index contributed by atoms with van der Waals surface area (Å²) < 4.78 is 27.5. The summed E-state index contributed by atoms with van der Waals surface area (Å²) in [5.74, 6) is -0.616. The van der Waals surface area contributed by atoms with Crippen molar-refractivity contribution in [2.75, 3.05) is 5.32 Å². The molecule has 0 heterocycles. The Kier molecular flexibility index (Phi) is 8.37. The molecule has 2 aromatic carbocycles. The highest BCUT2D eigenvalue weighted by molar-refractivity contribution is 7.89. The third kappa shape index (κ3) is 6.96. The minimum atomic E-state index is -3.95. The van der Waals surface area contributed by atoms with Crippen LogP contribution in [0, 0.1) is 6.92 Å². The molecule has 2 unspecified atom stereocenters. The van der Waals surface area contributed by atoms with E-state index in [4.69, 9.17) is 0 Å². The molecular weight excluding hydrogens is 388 g/mol. The lowest BCUT2D eigenvalue weighted by atomic mass is 10.1. The normalized spacial score (nSPS) is 13.7. The van der Waals surface area contributed by atoms with Gasteiger partial charge >= 0.3 is 0 Å². The molecule has 0 radical (unpaired) electrons. The summed E-state index contributed by atoms with van der Waals surface area (Å²) in [6.45, 7) is 5.38. The van der Waals surface area contributed by atoms with Crippen molar-refractivity contribution in [1.82, 2.24) is 4.72 Å². The number of rotatable bonds is 10. The predicted molar refractivity (Wildman–Crippen MR) is 115 cm³/mol. The Bertz CT molecular complexity index is 891. The van der Waals surface area contributed by atoms with Crippen LogP contribution in [0.5, 0.6) is 0 Å². The molecule has 1 amide bonds. The number of carbonyl (C=O) groups is 1.